The molecular formula is C31H34FN5O7. The van der Waals surface area contributed by atoms with Gasteiger partial charge >= 0.3 is 12.1 Å². The second-order valence-electron chi connectivity index (χ2n) is 10.8. The summed E-state index contributed by atoms with van der Waals surface area (Å²) in [4.78, 5) is 42.4. The Morgan fingerprint density at radius 3 is 2.32 bits per heavy atom. The van der Waals surface area contributed by atoms with E-state index >= 15 is 0 Å². The van der Waals surface area contributed by atoms with Crippen molar-refractivity contribution in [2.24, 2.45) is 5.92 Å². The Morgan fingerprint density at radius 1 is 0.977 bits per heavy atom. The van der Waals surface area contributed by atoms with Gasteiger partial charge in [-0.05, 0) is 61.5 Å². The van der Waals surface area contributed by atoms with Gasteiger partial charge in [-0.15, -0.1) is 0 Å². The number of aliphatic hydroxyl groups excluding tert-OH is 1. The van der Waals surface area contributed by atoms with Crippen molar-refractivity contribution in [3.63, 3.8) is 0 Å². The third kappa shape index (κ3) is 6.94. The van der Waals surface area contributed by atoms with Crippen LogP contribution in [0.5, 0.6) is 17.2 Å². The fourth-order valence-electron chi connectivity index (χ4n) is 4.89. The molecule has 0 bridgehead atoms. The molecule has 5 amide bonds. The number of urea groups is 2. The highest BCUT2D eigenvalue weighted by Gasteiger charge is 2.34. The number of fused-ring (bicyclic) bond motifs is 2. The van der Waals surface area contributed by atoms with E-state index in [1.54, 1.807) is 49.2 Å². The summed E-state index contributed by atoms with van der Waals surface area (Å²) in [5.74, 6) is 0.376. The van der Waals surface area contributed by atoms with Crippen LogP contribution in [0.25, 0.3) is 0 Å². The summed E-state index contributed by atoms with van der Waals surface area (Å²) in [7, 11) is 1.61. The molecule has 12 nitrogen and oxygen atoms in total. The second kappa shape index (κ2) is 13.1. The SMILES string of the molecule is C[C@H](CO)N1C[C@H](C)[C@H](CN(C)C(=O)Nc2ccc(F)cc2)Oc2ccc(NC(=O)Nc3ccc4c(c3)OCO4)cc2C1=O. The Labute approximate surface area is 253 Å². The molecule has 2 aliphatic rings. The molecule has 0 aromatic heterocycles. The van der Waals surface area contributed by atoms with Crippen LogP contribution in [0.1, 0.15) is 24.2 Å². The van der Waals surface area contributed by atoms with Gasteiger partial charge in [-0.2, -0.15) is 0 Å². The second-order valence-corrected chi connectivity index (χ2v) is 10.8. The van der Waals surface area contributed by atoms with Gasteiger partial charge < -0.3 is 45.1 Å². The Morgan fingerprint density at radius 2 is 1.61 bits per heavy atom. The predicted octanol–water partition coefficient (Wildman–Crippen LogP) is 4.58. The molecule has 0 aliphatic carbocycles. The van der Waals surface area contributed by atoms with Crippen LogP contribution < -0.4 is 30.2 Å². The molecule has 0 fully saturated rings. The zero-order valence-electron chi connectivity index (χ0n) is 24.5. The highest BCUT2D eigenvalue weighted by molar-refractivity contribution is 6.02. The van der Waals surface area contributed by atoms with Crippen molar-refractivity contribution in [1.82, 2.24) is 9.80 Å². The summed E-state index contributed by atoms with van der Waals surface area (Å²) in [6, 6.07) is 13.7. The van der Waals surface area contributed by atoms with Crippen LogP contribution in [-0.2, 0) is 0 Å². The minimum atomic E-state index is -0.538. The molecule has 13 heteroatoms. The Bertz CT molecular complexity index is 1540. The van der Waals surface area contributed by atoms with Crippen LogP contribution in [-0.4, -0.2) is 78.6 Å². The lowest BCUT2D eigenvalue weighted by Crippen LogP contribution is -2.50. The van der Waals surface area contributed by atoms with Crippen molar-refractivity contribution in [3.8, 4) is 17.2 Å². The number of hydrogen-bond donors (Lipinski definition) is 4. The van der Waals surface area contributed by atoms with Gasteiger partial charge in [0.15, 0.2) is 11.5 Å². The third-order valence-electron chi connectivity index (χ3n) is 7.45. The van der Waals surface area contributed by atoms with Gasteiger partial charge in [0, 0.05) is 42.6 Å². The molecule has 2 aliphatic heterocycles. The van der Waals surface area contributed by atoms with Crippen molar-refractivity contribution in [1.29, 1.82) is 0 Å². The molecule has 44 heavy (non-hydrogen) atoms. The maximum Gasteiger partial charge on any atom is 0.323 e. The maximum atomic E-state index is 13.7. The fourth-order valence-corrected chi connectivity index (χ4v) is 4.89. The van der Waals surface area contributed by atoms with Crippen LogP contribution in [0.15, 0.2) is 60.7 Å². The molecule has 232 valence electrons. The molecule has 3 atom stereocenters. The van der Waals surface area contributed by atoms with Crippen molar-refractivity contribution in [2.75, 3.05) is 49.5 Å². The quantitative estimate of drug-likeness (QED) is 0.308. The molecule has 3 aromatic rings. The van der Waals surface area contributed by atoms with Gasteiger partial charge in [0.25, 0.3) is 5.91 Å². The zero-order chi connectivity index (χ0) is 31.4. The number of rotatable bonds is 7. The average molecular weight is 608 g/mol. The first-order valence-electron chi connectivity index (χ1n) is 14.1. The van der Waals surface area contributed by atoms with E-state index in [0.717, 1.165) is 0 Å². The lowest BCUT2D eigenvalue weighted by molar-refractivity contribution is 0.0371. The van der Waals surface area contributed by atoms with Gasteiger partial charge in [-0.25, -0.2) is 14.0 Å². The highest BCUT2D eigenvalue weighted by Crippen LogP contribution is 2.34. The van der Waals surface area contributed by atoms with Crippen LogP contribution in [0.4, 0.5) is 31.0 Å². The highest BCUT2D eigenvalue weighted by atomic mass is 19.1. The lowest BCUT2D eigenvalue weighted by atomic mass is 9.99. The first-order valence-corrected chi connectivity index (χ1v) is 14.1. The molecule has 0 saturated carbocycles. The molecule has 0 spiro atoms. The largest absolute Gasteiger partial charge is 0.487 e. The van der Waals surface area contributed by atoms with Crippen molar-refractivity contribution in [3.05, 3.63) is 72.0 Å². The van der Waals surface area contributed by atoms with Crippen molar-refractivity contribution in [2.45, 2.75) is 26.0 Å². The zero-order valence-corrected chi connectivity index (χ0v) is 24.5. The number of aliphatic hydroxyl groups is 1. The van der Waals surface area contributed by atoms with Crippen LogP contribution in [0, 0.1) is 11.7 Å². The van der Waals surface area contributed by atoms with E-state index in [0.29, 0.717) is 28.6 Å². The Kier molecular flexibility index (Phi) is 9.04. The van der Waals surface area contributed by atoms with E-state index in [9.17, 15) is 23.9 Å². The smallest absolute Gasteiger partial charge is 0.323 e. The van der Waals surface area contributed by atoms with Crippen LogP contribution in [0.3, 0.4) is 0 Å². The van der Waals surface area contributed by atoms with E-state index in [-0.39, 0.29) is 49.6 Å². The van der Waals surface area contributed by atoms with Crippen LogP contribution in [0.2, 0.25) is 0 Å². The van der Waals surface area contributed by atoms with E-state index in [1.165, 1.54) is 35.2 Å². The number of carbonyl (C=O) groups is 3. The number of amides is 5. The van der Waals surface area contributed by atoms with E-state index in [4.69, 9.17) is 14.2 Å². The molecular weight excluding hydrogens is 573 g/mol. The number of ether oxygens (including phenoxy) is 3. The summed E-state index contributed by atoms with van der Waals surface area (Å²) in [6.45, 7) is 3.92. The fraction of sp³-hybridized carbons (Fsp3) is 0.323. The number of benzene rings is 3. The molecule has 0 radical (unpaired) electrons. The summed E-state index contributed by atoms with van der Waals surface area (Å²) in [5.41, 5.74) is 1.47. The summed E-state index contributed by atoms with van der Waals surface area (Å²) in [5, 5.41) is 18.1. The van der Waals surface area contributed by atoms with Gasteiger partial charge in [0.1, 0.15) is 17.7 Å². The van der Waals surface area contributed by atoms with Gasteiger partial charge in [-0.3, -0.25) is 4.79 Å². The number of anilines is 3. The van der Waals surface area contributed by atoms with Gasteiger partial charge in [-0.1, -0.05) is 6.92 Å². The van der Waals surface area contributed by atoms with E-state index in [1.807, 2.05) is 6.92 Å². The molecule has 5 rings (SSSR count). The molecule has 3 aromatic carbocycles. The number of nitrogens with zero attached hydrogens (tertiary/aromatic N) is 2. The summed E-state index contributed by atoms with van der Waals surface area (Å²) in [6.07, 6.45) is -0.535. The number of halogens is 1. The molecule has 4 N–H and O–H groups in total. The van der Waals surface area contributed by atoms with Crippen LogP contribution >= 0.6 is 0 Å². The van der Waals surface area contributed by atoms with E-state index < -0.39 is 30.0 Å². The molecule has 0 saturated heterocycles. The number of carbonyl (C=O) groups excluding carboxylic acids is 3. The monoisotopic (exact) mass is 607 g/mol. The standard InChI is InChI=1S/C31H34FN5O7/c1-18-14-37(19(2)16-38)29(39)24-12-22(33-30(40)34-23-9-11-26-27(13-23)43-17-42-26)8-10-25(24)44-28(18)15-36(3)31(41)35-21-6-4-20(32)5-7-21/h4-13,18-19,28,38H,14-17H2,1-3H3,(H,35,41)(H2,33,34,40)/t18-,19+,28-/m0/s1. The van der Waals surface area contributed by atoms with Gasteiger partial charge in [0.05, 0.1) is 24.8 Å². The van der Waals surface area contributed by atoms with Crippen molar-refractivity contribution >= 4 is 35.0 Å². The first kappa shape index (κ1) is 30.4. The molecule has 0 unspecified atom stereocenters. The Hall–Kier alpha value is -5.04. The maximum absolute atomic E-state index is 13.7. The average Bonchev–Trinajstić information content (AvgIpc) is 3.48. The Balaban J connectivity index is 1.33. The normalized spacial score (nSPS) is 17.8. The predicted molar refractivity (Wildman–Crippen MR) is 161 cm³/mol. The minimum Gasteiger partial charge on any atom is -0.487 e. The number of nitrogens with one attached hydrogen (secondary N) is 3. The van der Waals surface area contributed by atoms with Crippen molar-refractivity contribution < 1.29 is 38.1 Å². The van der Waals surface area contributed by atoms with Gasteiger partial charge in [0.2, 0.25) is 6.79 Å². The minimum absolute atomic E-state index is 0.112. The topological polar surface area (TPSA) is 142 Å². The number of likely N-dealkylation sites (N-methyl/N-ethyl adjacent to an activating group) is 1. The van der Waals surface area contributed by atoms with E-state index in [2.05, 4.69) is 16.0 Å². The molecule has 2 heterocycles. The lowest BCUT2D eigenvalue weighted by Gasteiger charge is -2.38. The number of hydrogen-bond acceptors (Lipinski definition) is 7. The third-order valence-corrected chi connectivity index (χ3v) is 7.45. The summed E-state index contributed by atoms with van der Waals surface area (Å²) < 4.78 is 30.2. The summed E-state index contributed by atoms with van der Waals surface area (Å²) >= 11 is 0. The first-order chi connectivity index (χ1) is 21.1.